The van der Waals surface area contributed by atoms with Crippen molar-refractivity contribution in [2.75, 3.05) is 6.61 Å². The number of aliphatic carboxylic acids is 1. The highest BCUT2D eigenvalue weighted by Crippen LogP contribution is 2.73. The lowest BCUT2D eigenvalue weighted by Crippen LogP contribution is -2.27. The number of carbonyl (C=O) groups is 1. The molecule has 3 atom stereocenters. The van der Waals surface area contributed by atoms with Gasteiger partial charge in [-0.25, -0.2) is 0 Å². The molecule has 0 spiro atoms. The quantitative estimate of drug-likeness (QED) is 0.381. The minimum atomic E-state index is -1.68. The Bertz CT molecular complexity index is 1190. The molecule has 1 aliphatic carbocycles. The largest absolute Gasteiger partial charge is 0.494 e. The van der Waals surface area contributed by atoms with E-state index in [0.717, 1.165) is 0 Å². The number of rotatable bonds is 8. The number of halogens is 2. The number of alkyl halides is 2. The highest BCUT2D eigenvalue weighted by molar-refractivity contribution is 6.54. The third-order valence-corrected chi connectivity index (χ3v) is 6.99. The fourth-order valence-corrected chi connectivity index (χ4v) is 5.46. The van der Waals surface area contributed by atoms with E-state index in [1.54, 1.807) is 48.5 Å². The molecule has 0 aliphatic heterocycles. The second kappa shape index (κ2) is 8.97. The average molecular weight is 482 g/mol. The van der Waals surface area contributed by atoms with Gasteiger partial charge in [0.25, 0.3) is 0 Å². The van der Waals surface area contributed by atoms with Crippen LogP contribution >= 0.6 is 23.2 Å². The van der Waals surface area contributed by atoms with Crippen molar-refractivity contribution in [2.45, 2.75) is 22.6 Å². The van der Waals surface area contributed by atoms with Crippen LogP contribution in [-0.4, -0.2) is 22.0 Å². The molecule has 1 saturated carbocycles. The number of para-hydroxylation sites is 1. The van der Waals surface area contributed by atoms with Crippen molar-refractivity contribution in [3.05, 3.63) is 90.0 Å². The number of nitriles is 1. The lowest BCUT2D eigenvalue weighted by molar-refractivity contribution is -0.140. The van der Waals surface area contributed by atoms with Crippen molar-refractivity contribution in [3.8, 4) is 23.3 Å². The van der Waals surface area contributed by atoms with Crippen LogP contribution in [0, 0.1) is 17.2 Å². The minimum Gasteiger partial charge on any atom is -0.494 e. The Morgan fingerprint density at radius 2 is 1.70 bits per heavy atom. The highest BCUT2D eigenvalue weighted by Gasteiger charge is 2.83. The van der Waals surface area contributed by atoms with Gasteiger partial charge in [-0.1, -0.05) is 65.7 Å². The smallest absolute Gasteiger partial charge is 0.317 e. The molecule has 0 saturated heterocycles. The highest BCUT2D eigenvalue weighted by atomic mass is 35.5. The number of benzene rings is 3. The summed E-state index contributed by atoms with van der Waals surface area (Å²) < 4.78 is 9.66. The van der Waals surface area contributed by atoms with Crippen LogP contribution in [0.3, 0.4) is 0 Å². The van der Waals surface area contributed by atoms with Crippen molar-refractivity contribution < 1.29 is 19.4 Å². The standard InChI is InChI=1S/C26H21Cl2NO4/c1-2-32-19-13-11-18(12-14-19)25(24(30)31)23(26(25,27)28)22(16-29)17-7-6-10-21(15-17)33-20-8-4-3-5-9-20/h3-15,22-23H,2H2,1H3,(H,30,31). The zero-order chi connectivity index (χ0) is 23.6. The number of hydrogen-bond donors (Lipinski definition) is 1. The number of carboxylic acid groups (broad SMARTS) is 1. The van der Waals surface area contributed by atoms with Crippen molar-refractivity contribution in [1.82, 2.24) is 0 Å². The maximum Gasteiger partial charge on any atom is 0.317 e. The summed E-state index contributed by atoms with van der Waals surface area (Å²) in [5, 5.41) is 20.3. The first-order chi connectivity index (χ1) is 15.9. The first-order valence-electron chi connectivity index (χ1n) is 10.4. The van der Waals surface area contributed by atoms with Crippen LogP contribution in [0.1, 0.15) is 24.0 Å². The van der Waals surface area contributed by atoms with Gasteiger partial charge < -0.3 is 14.6 Å². The van der Waals surface area contributed by atoms with E-state index < -0.39 is 27.6 Å². The summed E-state index contributed by atoms with van der Waals surface area (Å²) >= 11 is 13.2. The normalized spacial score (nSPS) is 21.5. The van der Waals surface area contributed by atoms with E-state index in [1.165, 1.54) is 0 Å². The van der Waals surface area contributed by atoms with E-state index in [1.807, 2.05) is 37.3 Å². The predicted octanol–water partition coefficient (Wildman–Crippen LogP) is 6.31. The topological polar surface area (TPSA) is 79.5 Å². The molecule has 3 aromatic carbocycles. The first-order valence-corrected chi connectivity index (χ1v) is 11.2. The molecule has 3 unspecified atom stereocenters. The van der Waals surface area contributed by atoms with Crippen LogP contribution in [0.2, 0.25) is 0 Å². The Morgan fingerprint density at radius 3 is 2.30 bits per heavy atom. The molecule has 33 heavy (non-hydrogen) atoms. The molecule has 1 aliphatic rings. The van der Waals surface area contributed by atoms with Crippen molar-refractivity contribution in [3.63, 3.8) is 0 Å². The second-order valence-electron chi connectivity index (χ2n) is 7.77. The molecule has 1 fully saturated rings. The lowest BCUT2D eigenvalue weighted by Gasteiger charge is -2.17. The van der Waals surface area contributed by atoms with Gasteiger partial charge in [-0.05, 0) is 54.4 Å². The Balaban J connectivity index is 1.70. The summed E-state index contributed by atoms with van der Waals surface area (Å²) in [6, 6.07) is 25.1. The summed E-state index contributed by atoms with van der Waals surface area (Å²) in [6.07, 6.45) is 0. The summed E-state index contributed by atoms with van der Waals surface area (Å²) in [6.45, 7) is 2.35. The summed E-state index contributed by atoms with van der Waals surface area (Å²) in [4.78, 5) is 12.5. The molecular weight excluding hydrogens is 461 g/mol. The maximum atomic E-state index is 12.5. The lowest BCUT2D eigenvalue weighted by atomic mass is 9.85. The van der Waals surface area contributed by atoms with E-state index in [-0.39, 0.29) is 0 Å². The van der Waals surface area contributed by atoms with Crippen LogP contribution in [0.5, 0.6) is 17.2 Å². The van der Waals surface area contributed by atoms with Gasteiger partial charge in [0.15, 0.2) is 0 Å². The fourth-order valence-electron chi connectivity index (χ4n) is 4.38. The molecule has 168 valence electrons. The molecule has 0 aromatic heterocycles. The van der Waals surface area contributed by atoms with E-state index in [0.29, 0.717) is 35.0 Å². The number of hydrogen-bond acceptors (Lipinski definition) is 4. The Hall–Kier alpha value is -3.20. The minimum absolute atomic E-state index is 0.422. The van der Waals surface area contributed by atoms with Crippen LogP contribution in [0.4, 0.5) is 0 Å². The van der Waals surface area contributed by atoms with E-state index in [2.05, 4.69) is 6.07 Å². The zero-order valence-electron chi connectivity index (χ0n) is 17.7. The van der Waals surface area contributed by atoms with Gasteiger partial charge in [0, 0.05) is 5.92 Å². The first kappa shape index (κ1) is 23.0. The van der Waals surface area contributed by atoms with E-state index in [9.17, 15) is 15.2 Å². The monoisotopic (exact) mass is 481 g/mol. The van der Waals surface area contributed by atoms with Crippen LogP contribution in [-0.2, 0) is 10.2 Å². The molecule has 1 N–H and O–H groups in total. The molecule has 0 amide bonds. The van der Waals surface area contributed by atoms with Crippen molar-refractivity contribution in [1.29, 1.82) is 5.26 Å². The molecule has 7 heteroatoms. The summed E-state index contributed by atoms with van der Waals surface area (Å²) in [5.74, 6) is -1.15. The molecule has 5 nitrogen and oxygen atoms in total. The average Bonchev–Trinajstić information content (AvgIpc) is 3.33. The molecular formula is C26H21Cl2NO4. The van der Waals surface area contributed by atoms with Gasteiger partial charge in [-0.15, -0.1) is 0 Å². The van der Waals surface area contributed by atoms with Crippen LogP contribution in [0.25, 0.3) is 0 Å². The van der Waals surface area contributed by atoms with E-state index in [4.69, 9.17) is 32.7 Å². The van der Waals surface area contributed by atoms with E-state index >= 15 is 0 Å². The third kappa shape index (κ3) is 3.90. The van der Waals surface area contributed by atoms with Gasteiger partial charge >= 0.3 is 5.97 Å². The molecule has 3 aromatic rings. The van der Waals surface area contributed by atoms with Gasteiger partial charge in [0.05, 0.1) is 18.6 Å². The van der Waals surface area contributed by atoms with Crippen molar-refractivity contribution >= 4 is 29.2 Å². The summed E-state index contributed by atoms with van der Waals surface area (Å²) in [5.41, 5.74) is -0.640. The Morgan fingerprint density at radius 1 is 1.03 bits per heavy atom. The number of nitrogens with zero attached hydrogens (tertiary/aromatic N) is 1. The molecule has 0 bridgehead atoms. The fraction of sp³-hybridized carbons (Fsp3) is 0.231. The molecule has 0 heterocycles. The maximum absolute atomic E-state index is 12.5. The van der Waals surface area contributed by atoms with Gasteiger partial charge in [0.2, 0.25) is 0 Å². The van der Waals surface area contributed by atoms with Gasteiger partial charge in [0.1, 0.15) is 27.0 Å². The van der Waals surface area contributed by atoms with Crippen molar-refractivity contribution in [2.24, 2.45) is 5.92 Å². The SMILES string of the molecule is CCOc1ccc(C2(C(=O)O)C(C(C#N)c3cccc(Oc4ccccc4)c3)C2(Cl)Cl)cc1. The van der Waals surface area contributed by atoms with Crippen LogP contribution < -0.4 is 9.47 Å². The molecule has 0 radical (unpaired) electrons. The van der Waals surface area contributed by atoms with Gasteiger partial charge in [-0.3, -0.25) is 4.79 Å². The van der Waals surface area contributed by atoms with Crippen LogP contribution in [0.15, 0.2) is 78.9 Å². The Kier molecular flexibility index (Phi) is 6.25. The van der Waals surface area contributed by atoms with Gasteiger partial charge in [-0.2, -0.15) is 5.26 Å². The summed E-state index contributed by atoms with van der Waals surface area (Å²) in [7, 11) is 0. The molecule has 4 rings (SSSR count). The zero-order valence-corrected chi connectivity index (χ0v) is 19.3. The predicted molar refractivity (Wildman–Crippen MR) is 126 cm³/mol. The second-order valence-corrected chi connectivity index (χ2v) is 9.15. The third-order valence-electron chi connectivity index (χ3n) is 5.93. The Labute approximate surface area is 202 Å². The number of ether oxygens (including phenoxy) is 2. The number of carboxylic acids is 1.